The van der Waals surface area contributed by atoms with Gasteiger partial charge in [-0.3, -0.25) is 0 Å². The van der Waals surface area contributed by atoms with Crippen molar-refractivity contribution in [2.24, 2.45) is 5.41 Å². The highest BCUT2D eigenvalue weighted by Gasteiger charge is 2.44. The van der Waals surface area contributed by atoms with Gasteiger partial charge in [0.2, 0.25) is 0 Å². The minimum Gasteiger partial charge on any atom is -0.437 e. The molecule has 0 saturated heterocycles. The van der Waals surface area contributed by atoms with E-state index in [1.807, 2.05) is 0 Å². The van der Waals surface area contributed by atoms with Crippen molar-refractivity contribution in [1.82, 2.24) is 0 Å². The lowest BCUT2D eigenvalue weighted by molar-refractivity contribution is -0.103. The van der Waals surface area contributed by atoms with E-state index in [9.17, 15) is 0 Å². The van der Waals surface area contributed by atoms with Gasteiger partial charge in [0.05, 0.1) is 13.2 Å². The topological polar surface area (TPSA) is 68.2 Å². The minimum absolute atomic E-state index is 0.0640. The van der Waals surface area contributed by atoms with Crippen molar-refractivity contribution in [2.75, 3.05) is 13.2 Å². The summed E-state index contributed by atoms with van der Waals surface area (Å²) >= 11 is 0. The van der Waals surface area contributed by atoms with E-state index in [4.69, 9.17) is 23.2 Å². The quantitative estimate of drug-likeness (QED) is 0.458. The van der Waals surface area contributed by atoms with Gasteiger partial charge < -0.3 is 23.2 Å². The smallest absolute Gasteiger partial charge is 0.315 e. The monoisotopic (exact) mass is 368 g/mol. The van der Waals surface area contributed by atoms with Crippen molar-refractivity contribution in [3.63, 3.8) is 0 Å². The molecule has 0 spiro atoms. The maximum atomic E-state index is 8.89. The molecule has 0 aliphatic carbocycles. The van der Waals surface area contributed by atoms with Crippen molar-refractivity contribution in [2.45, 2.75) is 72.0 Å². The van der Waals surface area contributed by atoms with Crippen LogP contribution >= 0.6 is 0 Å². The molecule has 0 saturated carbocycles. The first kappa shape index (κ1) is 22.5. The Morgan fingerprint density at radius 3 is 1.59 bits per heavy atom. The molecule has 0 aliphatic rings. The van der Waals surface area contributed by atoms with Gasteiger partial charge in [-0.15, -0.1) is 0 Å². The first-order valence-corrected chi connectivity index (χ1v) is 17.2. The Hall–Kier alpha value is 0.451. The van der Waals surface area contributed by atoms with E-state index < -0.39 is 31.5 Å². The van der Waals surface area contributed by atoms with Crippen molar-refractivity contribution in [3.8, 4) is 0 Å². The molecule has 134 valence electrons. The maximum absolute atomic E-state index is 8.89. The van der Waals surface area contributed by atoms with Crippen LogP contribution < -0.4 is 0 Å². The summed E-state index contributed by atoms with van der Waals surface area (Å²) in [7, 11) is -5.72. The molecule has 0 heterocycles. The van der Waals surface area contributed by atoms with Crippen LogP contribution in [0.5, 0.6) is 0 Å². The Morgan fingerprint density at radius 1 is 0.864 bits per heavy atom. The van der Waals surface area contributed by atoms with Crippen molar-refractivity contribution in [3.05, 3.63) is 0 Å². The van der Waals surface area contributed by atoms with E-state index in [-0.39, 0.29) is 12.0 Å². The van der Waals surface area contributed by atoms with E-state index in [1.54, 1.807) is 0 Å². The summed E-state index contributed by atoms with van der Waals surface area (Å²) in [6.07, 6.45) is -1.42. The molecule has 0 rings (SSSR count). The molecule has 0 fully saturated rings. The highest BCUT2D eigenvalue weighted by Crippen LogP contribution is 2.34. The number of rotatable bonds is 10. The average molecular weight is 369 g/mol. The summed E-state index contributed by atoms with van der Waals surface area (Å²) in [5.41, 5.74) is -0.130. The Bertz CT molecular complexity index is 318. The zero-order valence-electron chi connectivity index (χ0n) is 15.8. The van der Waals surface area contributed by atoms with Gasteiger partial charge in [-0.2, -0.15) is 0 Å². The van der Waals surface area contributed by atoms with E-state index >= 15 is 0 Å². The molecule has 0 unspecified atom stereocenters. The third-order valence-electron chi connectivity index (χ3n) is 2.60. The van der Waals surface area contributed by atoms with Crippen molar-refractivity contribution < 1.29 is 23.2 Å². The van der Waals surface area contributed by atoms with Gasteiger partial charge in [0.15, 0.2) is 22.9 Å². The number of hydrogen-bond donors (Lipinski definition) is 2. The number of hydrogen-bond acceptors (Lipinski definition) is 5. The lowest BCUT2D eigenvalue weighted by atomic mass is 9.98. The van der Waals surface area contributed by atoms with Gasteiger partial charge in [-0.1, -0.05) is 13.8 Å². The molecule has 0 aromatic rings. The molecule has 22 heavy (non-hydrogen) atoms. The van der Waals surface area contributed by atoms with Gasteiger partial charge in [-0.05, 0) is 57.3 Å². The third-order valence-corrected chi connectivity index (χ3v) is 12.6. The van der Waals surface area contributed by atoms with Crippen LogP contribution in [-0.2, 0) is 13.0 Å². The lowest BCUT2D eigenvalue weighted by Crippen LogP contribution is -2.54. The normalized spacial score (nSPS) is 14.7. The van der Waals surface area contributed by atoms with E-state index in [0.29, 0.717) is 6.61 Å². The molecule has 0 amide bonds. The van der Waals surface area contributed by atoms with Crippen LogP contribution in [0.4, 0.5) is 0 Å². The standard InChI is InChI=1S/C14H36O5Si3/c1-14(2,11-17-10-13(15)16)12-22(9,18-20(3,4)5)19-21(6,7)8/h13,15-16H,10-12H2,1-9H3. The molecule has 0 bridgehead atoms. The van der Waals surface area contributed by atoms with Crippen LogP contribution in [-0.4, -0.2) is 54.9 Å². The fourth-order valence-electron chi connectivity index (χ4n) is 2.75. The van der Waals surface area contributed by atoms with Gasteiger partial charge in [-0.25, -0.2) is 0 Å². The molecular formula is C14H36O5Si3. The molecule has 8 heteroatoms. The zero-order chi connectivity index (χ0) is 17.8. The van der Waals surface area contributed by atoms with E-state index in [2.05, 4.69) is 59.7 Å². The van der Waals surface area contributed by atoms with Crippen LogP contribution in [0, 0.1) is 5.41 Å². The van der Waals surface area contributed by atoms with Crippen LogP contribution in [0.3, 0.4) is 0 Å². The largest absolute Gasteiger partial charge is 0.437 e. The fraction of sp³-hybridized carbons (Fsp3) is 1.00. The van der Waals surface area contributed by atoms with E-state index in [0.717, 1.165) is 6.04 Å². The van der Waals surface area contributed by atoms with Crippen molar-refractivity contribution in [1.29, 1.82) is 0 Å². The Kier molecular flexibility index (Phi) is 8.18. The Morgan fingerprint density at radius 2 is 1.27 bits per heavy atom. The second kappa shape index (κ2) is 8.02. The van der Waals surface area contributed by atoms with Gasteiger partial charge >= 0.3 is 8.56 Å². The van der Waals surface area contributed by atoms with Crippen LogP contribution in [0.25, 0.3) is 0 Å². The minimum atomic E-state index is -2.31. The summed E-state index contributed by atoms with van der Waals surface area (Å²) in [6, 6.07) is 0.829. The summed E-state index contributed by atoms with van der Waals surface area (Å²) in [4.78, 5) is 0. The SMILES string of the molecule is CC(C)(COCC(O)O)C[Si](C)(O[Si](C)(C)C)O[Si](C)(C)C. The lowest BCUT2D eigenvalue weighted by Gasteiger charge is -2.42. The summed E-state index contributed by atoms with van der Waals surface area (Å²) in [6.45, 7) is 19.9. The zero-order valence-corrected chi connectivity index (χ0v) is 18.8. The first-order valence-electron chi connectivity index (χ1n) is 7.88. The van der Waals surface area contributed by atoms with Crippen LogP contribution in [0.15, 0.2) is 0 Å². The number of aliphatic hydroxyl groups excluding tert-OH is 1. The van der Waals surface area contributed by atoms with Gasteiger partial charge in [0.1, 0.15) is 0 Å². The highest BCUT2D eigenvalue weighted by molar-refractivity contribution is 6.87. The Labute approximate surface area is 139 Å². The molecule has 0 aromatic carbocycles. The second-order valence-electron chi connectivity index (χ2n) is 8.90. The average Bonchev–Trinajstić information content (AvgIpc) is 2.06. The molecule has 0 atom stereocenters. The predicted molar refractivity (Wildman–Crippen MR) is 98.1 cm³/mol. The fourth-order valence-corrected chi connectivity index (χ4v) is 16.1. The molecular weight excluding hydrogens is 332 g/mol. The molecule has 5 nitrogen and oxygen atoms in total. The maximum Gasteiger partial charge on any atom is 0.315 e. The van der Waals surface area contributed by atoms with E-state index in [1.165, 1.54) is 0 Å². The van der Waals surface area contributed by atoms with Crippen molar-refractivity contribution >= 4 is 25.2 Å². The highest BCUT2D eigenvalue weighted by atomic mass is 28.5. The van der Waals surface area contributed by atoms with Gasteiger partial charge in [0, 0.05) is 0 Å². The summed E-state index contributed by atoms with van der Waals surface area (Å²) < 4.78 is 18.4. The predicted octanol–water partition coefficient (Wildman–Crippen LogP) is 3.11. The second-order valence-corrected chi connectivity index (χ2v) is 21.6. The third kappa shape index (κ3) is 11.9. The molecule has 0 aliphatic heterocycles. The molecule has 0 aromatic heterocycles. The Balaban J connectivity index is 4.95. The summed E-state index contributed by atoms with van der Waals surface area (Å²) in [5.74, 6) is 0. The first-order chi connectivity index (χ1) is 9.54. The summed E-state index contributed by atoms with van der Waals surface area (Å²) in [5, 5.41) is 17.8. The number of aliphatic hydroxyl groups is 2. The number of ether oxygens (including phenoxy) is 1. The van der Waals surface area contributed by atoms with Gasteiger partial charge in [0.25, 0.3) is 0 Å². The molecule has 0 radical (unpaired) electrons. The van der Waals surface area contributed by atoms with Crippen LogP contribution in [0.2, 0.25) is 51.9 Å². The molecule has 2 N–H and O–H groups in total. The van der Waals surface area contributed by atoms with Crippen LogP contribution in [0.1, 0.15) is 13.8 Å².